The number of carbonyl (C=O) groups is 2. The number of hydrogen-bond acceptors (Lipinski definition) is 7. The molecule has 1 saturated heterocycles. The number of benzene rings is 1. The number of hydrogen-bond donors (Lipinski definition) is 0. The van der Waals surface area contributed by atoms with Gasteiger partial charge in [-0.1, -0.05) is 11.8 Å². The van der Waals surface area contributed by atoms with Crippen molar-refractivity contribution < 1.29 is 18.7 Å². The Labute approximate surface area is 196 Å². The van der Waals surface area contributed by atoms with Gasteiger partial charge in [0, 0.05) is 37.8 Å². The number of rotatable bonds is 7. The van der Waals surface area contributed by atoms with Crippen molar-refractivity contribution in [3.05, 3.63) is 48.4 Å². The van der Waals surface area contributed by atoms with Crippen LogP contribution < -0.4 is 4.74 Å². The molecule has 33 heavy (non-hydrogen) atoms. The molecule has 1 aliphatic rings. The van der Waals surface area contributed by atoms with E-state index in [9.17, 15) is 9.59 Å². The lowest BCUT2D eigenvalue weighted by atomic mass is 10.2. The van der Waals surface area contributed by atoms with Crippen molar-refractivity contribution in [2.75, 3.05) is 39.0 Å². The number of thioether (sulfide) groups is 1. The first-order valence-corrected chi connectivity index (χ1v) is 11.8. The Morgan fingerprint density at radius 3 is 2.36 bits per heavy atom. The van der Waals surface area contributed by atoms with Gasteiger partial charge in [-0.3, -0.25) is 14.2 Å². The molecule has 4 rings (SSSR count). The highest BCUT2D eigenvalue weighted by Gasteiger charge is 2.26. The maximum atomic E-state index is 12.8. The summed E-state index contributed by atoms with van der Waals surface area (Å²) < 4.78 is 12.5. The number of ether oxygens (including phenoxy) is 1. The average Bonchev–Trinajstić information content (AvgIpc) is 3.52. The van der Waals surface area contributed by atoms with Crippen molar-refractivity contribution in [3.8, 4) is 17.1 Å². The van der Waals surface area contributed by atoms with Crippen molar-refractivity contribution in [2.24, 2.45) is 0 Å². The SMILES string of the molecule is COc1ccc(-c2nnc(SCC(=O)N3CCN(C(=O)c4ccco4)CC3)n2C(C)C)cc1. The van der Waals surface area contributed by atoms with Crippen molar-refractivity contribution in [1.82, 2.24) is 24.6 Å². The van der Waals surface area contributed by atoms with E-state index in [2.05, 4.69) is 24.0 Å². The fraction of sp³-hybridized carbons (Fsp3) is 0.391. The molecular formula is C23H27N5O4S. The number of methoxy groups -OCH3 is 1. The third-order valence-electron chi connectivity index (χ3n) is 5.51. The van der Waals surface area contributed by atoms with Crippen LogP contribution in [0.1, 0.15) is 30.4 Å². The summed E-state index contributed by atoms with van der Waals surface area (Å²) in [5, 5.41) is 9.43. The molecule has 0 unspecified atom stereocenters. The van der Waals surface area contributed by atoms with E-state index in [1.165, 1.54) is 18.0 Å². The molecule has 2 aromatic heterocycles. The zero-order chi connectivity index (χ0) is 23.4. The van der Waals surface area contributed by atoms with Crippen LogP contribution in [0, 0.1) is 0 Å². The number of piperazine rings is 1. The Bertz CT molecular complexity index is 1090. The minimum absolute atomic E-state index is 0.0226. The first-order chi connectivity index (χ1) is 16.0. The van der Waals surface area contributed by atoms with Gasteiger partial charge in [-0.2, -0.15) is 0 Å². The van der Waals surface area contributed by atoms with Gasteiger partial charge in [0.15, 0.2) is 16.7 Å². The smallest absolute Gasteiger partial charge is 0.289 e. The van der Waals surface area contributed by atoms with E-state index in [4.69, 9.17) is 9.15 Å². The minimum Gasteiger partial charge on any atom is -0.497 e. The summed E-state index contributed by atoms with van der Waals surface area (Å²) in [6.45, 7) is 6.11. The zero-order valence-corrected chi connectivity index (χ0v) is 19.7. The Morgan fingerprint density at radius 1 is 1.06 bits per heavy atom. The molecule has 1 aromatic carbocycles. The molecule has 0 aliphatic carbocycles. The van der Waals surface area contributed by atoms with Crippen LogP contribution in [-0.2, 0) is 4.79 Å². The Hall–Kier alpha value is -3.27. The van der Waals surface area contributed by atoms with Crippen LogP contribution in [-0.4, -0.2) is 75.4 Å². The number of carbonyl (C=O) groups excluding carboxylic acids is 2. The highest BCUT2D eigenvalue weighted by molar-refractivity contribution is 7.99. The van der Waals surface area contributed by atoms with E-state index < -0.39 is 0 Å². The zero-order valence-electron chi connectivity index (χ0n) is 18.9. The van der Waals surface area contributed by atoms with Gasteiger partial charge in [0.2, 0.25) is 5.91 Å². The molecular weight excluding hydrogens is 442 g/mol. The van der Waals surface area contributed by atoms with Gasteiger partial charge >= 0.3 is 0 Å². The number of amides is 2. The summed E-state index contributed by atoms with van der Waals surface area (Å²) in [4.78, 5) is 28.7. The van der Waals surface area contributed by atoms with E-state index in [1.54, 1.807) is 29.0 Å². The quantitative estimate of drug-likeness (QED) is 0.491. The van der Waals surface area contributed by atoms with Crippen LogP contribution in [0.3, 0.4) is 0 Å². The standard InChI is InChI=1S/C23H27N5O4S/c1-16(2)28-21(17-6-8-18(31-3)9-7-17)24-25-23(28)33-15-20(29)26-10-12-27(13-11-26)22(30)19-5-4-14-32-19/h4-9,14,16H,10-13,15H2,1-3H3. The van der Waals surface area contributed by atoms with Crippen LogP contribution in [0.4, 0.5) is 0 Å². The van der Waals surface area contributed by atoms with E-state index in [1.807, 2.05) is 28.8 Å². The van der Waals surface area contributed by atoms with Gasteiger partial charge in [0.1, 0.15) is 5.75 Å². The molecule has 174 valence electrons. The van der Waals surface area contributed by atoms with Crippen LogP contribution in [0.25, 0.3) is 11.4 Å². The van der Waals surface area contributed by atoms with E-state index in [0.29, 0.717) is 37.1 Å². The monoisotopic (exact) mass is 469 g/mol. The molecule has 0 radical (unpaired) electrons. The first kappa shape index (κ1) is 22.9. The van der Waals surface area contributed by atoms with Crippen molar-refractivity contribution in [3.63, 3.8) is 0 Å². The van der Waals surface area contributed by atoms with E-state index in [-0.39, 0.29) is 23.6 Å². The molecule has 1 aliphatic heterocycles. The largest absolute Gasteiger partial charge is 0.497 e. The maximum Gasteiger partial charge on any atom is 0.289 e. The number of furan rings is 1. The van der Waals surface area contributed by atoms with Crippen molar-refractivity contribution in [1.29, 1.82) is 0 Å². The molecule has 0 saturated carbocycles. The minimum atomic E-state index is -0.141. The van der Waals surface area contributed by atoms with Crippen LogP contribution >= 0.6 is 11.8 Å². The molecule has 3 heterocycles. The van der Waals surface area contributed by atoms with Crippen LogP contribution in [0.5, 0.6) is 5.75 Å². The van der Waals surface area contributed by atoms with Crippen LogP contribution in [0.15, 0.2) is 52.2 Å². The highest BCUT2D eigenvalue weighted by atomic mass is 32.2. The lowest BCUT2D eigenvalue weighted by Gasteiger charge is -2.34. The van der Waals surface area contributed by atoms with E-state index in [0.717, 1.165) is 17.1 Å². The molecule has 3 aromatic rings. The highest BCUT2D eigenvalue weighted by Crippen LogP contribution is 2.29. The molecule has 0 N–H and O–H groups in total. The first-order valence-electron chi connectivity index (χ1n) is 10.8. The molecule has 2 amide bonds. The topological polar surface area (TPSA) is 93.7 Å². The second-order valence-corrected chi connectivity index (χ2v) is 8.88. The summed E-state index contributed by atoms with van der Waals surface area (Å²) in [7, 11) is 1.63. The van der Waals surface area contributed by atoms with Gasteiger partial charge in [-0.25, -0.2) is 0 Å². The fourth-order valence-corrected chi connectivity index (χ4v) is 4.68. The van der Waals surface area contributed by atoms with Gasteiger partial charge in [0.05, 0.1) is 19.1 Å². The molecule has 1 fully saturated rings. The molecule has 10 heteroatoms. The molecule has 0 atom stereocenters. The van der Waals surface area contributed by atoms with E-state index >= 15 is 0 Å². The summed E-state index contributed by atoms with van der Waals surface area (Å²) in [6.07, 6.45) is 1.49. The predicted octanol–water partition coefficient (Wildman–Crippen LogP) is 3.20. The molecule has 0 spiro atoms. The van der Waals surface area contributed by atoms with Crippen molar-refractivity contribution in [2.45, 2.75) is 25.0 Å². The van der Waals surface area contributed by atoms with Gasteiger partial charge in [0.25, 0.3) is 5.91 Å². The fourth-order valence-electron chi connectivity index (χ4n) is 3.71. The summed E-state index contributed by atoms with van der Waals surface area (Å²) in [6, 6.07) is 11.2. The Kier molecular flexibility index (Phi) is 7.02. The third-order valence-corrected chi connectivity index (χ3v) is 6.43. The summed E-state index contributed by atoms with van der Waals surface area (Å²) >= 11 is 1.38. The van der Waals surface area contributed by atoms with Gasteiger partial charge in [-0.15, -0.1) is 10.2 Å². The van der Waals surface area contributed by atoms with Crippen LogP contribution in [0.2, 0.25) is 0 Å². The average molecular weight is 470 g/mol. The lowest BCUT2D eigenvalue weighted by Crippen LogP contribution is -2.51. The molecule has 0 bridgehead atoms. The third kappa shape index (κ3) is 5.05. The van der Waals surface area contributed by atoms with Gasteiger partial charge in [-0.05, 0) is 50.2 Å². The number of aromatic nitrogens is 3. The van der Waals surface area contributed by atoms with Gasteiger partial charge < -0.3 is 19.0 Å². The Morgan fingerprint density at radius 2 is 1.76 bits per heavy atom. The van der Waals surface area contributed by atoms with Crippen molar-refractivity contribution >= 4 is 23.6 Å². The lowest BCUT2D eigenvalue weighted by molar-refractivity contribution is -0.129. The second-order valence-electron chi connectivity index (χ2n) is 7.94. The molecule has 9 nitrogen and oxygen atoms in total. The summed E-state index contributed by atoms with van der Waals surface area (Å²) in [5.41, 5.74) is 0.938. The normalized spacial score (nSPS) is 14.1. The summed E-state index contributed by atoms with van der Waals surface area (Å²) in [5.74, 6) is 2.01. The predicted molar refractivity (Wildman–Crippen MR) is 124 cm³/mol. The number of nitrogens with zero attached hydrogens (tertiary/aromatic N) is 5. The second kappa shape index (κ2) is 10.1. The maximum absolute atomic E-state index is 12.8. The Balaban J connectivity index is 1.36.